The summed E-state index contributed by atoms with van der Waals surface area (Å²) >= 11 is 0. The smallest absolute Gasteiger partial charge is 0.0873 e. The molecular formula is C19H18N4O2. The quantitative estimate of drug-likeness (QED) is 0.568. The second-order valence-electron chi connectivity index (χ2n) is 6.01. The Morgan fingerprint density at radius 1 is 1.04 bits per heavy atom. The molecule has 2 aromatic heterocycles. The van der Waals surface area contributed by atoms with Gasteiger partial charge >= 0.3 is 0 Å². The molecule has 0 saturated carbocycles. The Hall–Kier alpha value is -2.99. The van der Waals surface area contributed by atoms with Gasteiger partial charge in [-0.2, -0.15) is 5.10 Å². The molecule has 6 nitrogen and oxygen atoms in total. The standard InChI is InChI=1S/C19H18N4O2/c24-10-9-23-19(13-5-7-20-8-6-13)17(12-21-23)15-1-3-16-14(11-15)2-4-18(16)22-25/h1,3,5-8,11-12,24-25H,2,4,9-10H2/b22-18+. The number of rotatable bonds is 4. The van der Waals surface area contributed by atoms with Crippen molar-refractivity contribution in [1.29, 1.82) is 0 Å². The normalized spacial score (nSPS) is 14.8. The van der Waals surface area contributed by atoms with Gasteiger partial charge in [-0.25, -0.2) is 0 Å². The van der Waals surface area contributed by atoms with Gasteiger partial charge < -0.3 is 10.3 Å². The van der Waals surface area contributed by atoms with Crippen LogP contribution in [0, 0.1) is 0 Å². The second-order valence-corrected chi connectivity index (χ2v) is 6.01. The molecule has 0 unspecified atom stereocenters. The van der Waals surface area contributed by atoms with Crippen LogP contribution in [0.15, 0.2) is 54.1 Å². The highest BCUT2D eigenvalue weighted by molar-refractivity contribution is 6.04. The molecule has 126 valence electrons. The van der Waals surface area contributed by atoms with Gasteiger partial charge in [0.2, 0.25) is 0 Å². The summed E-state index contributed by atoms with van der Waals surface area (Å²) in [7, 11) is 0. The molecule has 0 spiro atoms. The Morgan fingerprint density at radius 3 is 2.64 bits per heavy atom. The maximum absolute atomic E-state index is 9.34. The van der Waals surface area contributed by atoms with Crippen molar-refractivity contribution in [2.75, 3.05) is 6.61 Å². The molecule has 6 heteroatoms. The lowest BCUT2D eigenvalue weighted by molar-refractivity contribution is 0.270. The number of aromatic nitrogens is 3. The number of aliphatic hydroxyl groups is 1. The molecule has 25 heavy (non-hydrogen) atoms. The first-order chi connectivity index (χ1) is 12.3. The molecule has 1 aliphatic carbocycles. The van der Waals surface area contributed by atoms with Gasteiger partial charge in [0.25, 0.3) is 0 Å². The van der Waals surface area contributed by atoms with Crippen LogP contribution < -0.4 is 0 Å². The van der Waals surface area contributed by atoms with Crippen LogP contribution in [0.5, 0.6) is 0 Å². The zero-order valence-corrected chi connectivity index (χ0v) is 13.6. The molecule has 0 atom stereocenters. The predicted molar refractivity (Wildman–Crippen MR) is 94.6 cm³/mol. The van der Waals surface area contributed by atoms with Crippen LogP contribution in [-0.4, -0.2) is 37.4 Å². The van der Waals surface area contributed by atoms with E-state index in [2.05, 4.69) is 21.3 Å². The minimum atomic E-state index is 0.0275. The first kappa shape index (κ1) is 15.5. The lowest BCUT2D eigenvalue weighted by Crippen LogP contribution is -2.05. The molecule has 0 amide bonds. The highest BCUT2D eigenvalue weighted by atomic mass is 16.4. The predicted octanol–water partition coefficient (Wildman–Crippen LogP) is 2.73. The van der Waals surface area contributed by atoms with Crippen molar-refractivity contribution in [1.82, 2.24) is 14.8 Å². The summed E-state index contributed by atoms with van der Waals surface area (Å²) in [5.41, 5.74) is 6.98. The molecule has 0 fully saturated rings. The Balaban J connectivity index is 1.84. The maximum Gasteiger partial charge on any atom is 0.0873 e. The molecular weight excluding hydrogens is 316 g/mol. The lowest BCUT2D eigenvalue weighted by Gasteiger charge is -2.10. The third-order valence-corrected chi connectivity index (χ3v) is 4.58. The number of nitrogens with zero attached hydrogens (tertiary/aromatic N) is 4. The number of aliphatic hydroxyl groups excluding tert-OH is 1. The second kappa shape index (κ2) is 6.49. The van der Waals surface area contributed by atoms with Crippen LogP contribution in [0.4, 0.5) is 0 Å². The van der Waals surface area contributed by atoms with Gasteiger partial charge in [-0.15, -0.1) is 0 Å². The summed E-state index contributed by atoms with van der Waals surface area (Å²) < 4.78 is 1.82. The Bertz CT molecular complexity index is 932. The molecule has 4 rings (SSSR count). The van der Waals surface area contributed by atoms with Crippen LogP contribution >= 0.6 is 0 Å². The molecule has 0 radical (unpaired) electrons. The first-order valence-corrected chi connectivity index (χ1v) is 8.23. The van der Waals surface area contributed by atoms with Gasteiger partial charge in [-0.1, -0.05) is 23.4 Å². The fraction of sp³-hybridized carbons (Fsp3) is 0.211. The first-order valence-electron chi connectivity index (χ1n) is 8.23. The fourth-order valence-corrected chi connectivity index (χ4v) is 3.42. The summed E-state index contributed by atoms with van der Waals surface area (Å²) in [6.07, 6.45) is 6.97. The van der Waals surface area contributed by atoms with E-state index in [1.165, 1.54) is 5.56 Å². The van der Waals surface area contributed by atoms with E-state index in [-0.39, 0.29) is 6.61 Å². The van der Waals surface area contributed by atoms with Crippen molar-refractivity contribution in [2.24, 2.45) is 5.16 Å². The van der Waals surface area contributed by atoms with Crippen LogP contribution in [0.3, 0.4) is 0 Å². The van der Waals surface area contributed by atoms with Crippen molar-refractivity contribution in [3.05, 3.63) is 60.0 Å². The van der Waals surface area contributed by atoms with E-state index in [0.29, 0.717) is 6.54 Å². The third kappa shape index (κ3) is 2.70. The summed E-state index contributed by atoms with van der Waals surface area (Å²) in [6.45, 7) is 0.462. The highest BCUT2D eigenvalue weighted by Gasteiger charge is 2.21. The third-order valence-electron chi connectivity index (χ3n) is 4.58. The van der Waals surface area contributed by atoms with E-state index < -0.39 is 0 Å². The minimum absolute atomic E-state index is 0.0275. The van der Waals surface area contributed by atoms with Gasteiger partial charge in [0.05, 0.1) is 30.8 Å². The average Bonchev–Trinajstić information content (AvgIpc) is 3.26. The van der Waals surface area contributed by atoms with Crippen LogP contribution in [0.25, 0.3) is 22.4 Å². The van der Waals surface area contributed by atoms with Crippen molar-refractivity contribution < 1.29 is 10.3 Å². The number of aryl methyl sites for hydroxylation is 1. The topological polar surface area (TPSA) is 83.5 Å². The van der Waals surface area contributed by atoms with E-state index in [0.717, 1.165) is 46.5 Å². The van der Waals surface area contributed by atoms with Gasteiger partial charge in [0, 0.05) is 29.1 Å². The molecule has 0 saturated heterocycles. The molecule has 2 heterocycles. The van der Waals surface area contributed by atoms with Crippen molar-refractivity contribution in [3.63, 3.8) is 0 Å². The number of hydrogen-bond donors (Lipinski definition) is 2. The fourth-order valence-electron chi connectivity index (χ4n) is 3.42. The number of benzene rings is 1. The molecule has 1 aliphatic rings. The zero-order valence-electron chi connectivity index (χ0n) is 13.6. The summed E-state index contributed by atoms with van der Waals surface area (Å²) in [4.78, 5) is 4.08. The van der Waals surface area contributed by atoms with Crippen molar-refractivity contribution in [3.8, 4) is 22.4 Å². The lowest BCUT2D eigenvalue weighted by atomic mass is 9.98. The molecule has 3 aromatic rings. The Kier molecular flexibility index (Phi) is 4.03. The molecule has 2 N–H and O–H groups in total. The van der Waals surface area contributed by atoms with E-state index >= 15 is 0 Å². The zero-order chi connectivity index (χ0) is 17.2. The summed E-state index contributed by atoms with van der Waals surface area (Å²) in [5, 5.41) is 26.3. The minimum Gasteiger partial charge on any atom is -0.411 e. The average molecular weight is 334 g/mol. The van der Waals surface area contributed by atoms with Gasteiger partial charge in [-0.3, -0.25) is 9.67 Å². The number of fused-ring (bicyclic) bond motifs is 1. The van der Waals surface area contributed by atoms with Gasteiger partial charge in [0.15, 0.2) is 0 Å². The Labute approximate surface area is 145 Å². The van der Waals surface area contributed by atoms with E-state index in [1.54, 1.807) is 12.4 Å². The molecule has 0 bridgehead atoms. The van der Waals surface area contributed by atoms with Crippen LogP contribution in [0.2, 0.25) is 0 Å². The monoisotopic (exact) mass is 334 g/mol. The van der Waals surface area contributed by atoms with E-state index in [1.807, 2.05) is 35.1 Å². The Morgan fingerprint density at radius 2 is 1.88 bits per heavy atom. The van der Waals surface area contributed by atoms with Gasteiger partial charge in [-0.05, 0) is 36.1 Å². The van der Waals surface area contributed by atoms with E-state index in [9.17, 15) is 5.11 Å². The van der Waals surface area contributed by atoms with Gasteiger partial charge in [0.1, 0.15) is 0 Å². The number of oxime groups is 1. The van der Waals surface area contributed by atoms with Crippen LogP contribution in [-0.2, 0) is 13.0 Å². The molecule has 0 aliphatic heterocycles. The van der Waals surface area contributed by atoms with Crippen molar-refractivity contribution >= 4 is 5.71 Å². The number of pyridine rings is 1. The van der Waals surface area contributed by atoms with Crippen molar-refractivity contribution in [2.45, 2.75) is 19.4 Å². The highest BCUT2D eigenvalue weighted by Crippen LogP contribution is 2.34. The molecule has 1 aromatic carbocycles. The summed E-state index contributed by atoms with van der Waals surface area (Å²) in [6, 6.07) is 10.1. The van der Waals surface area contributed by atoms with E-state index in [4.69, 9.17) is 5.21 Å². The SMILES string of the molecule is OCCn1ncc(-c2ccc3c(c2)CC/C3=N\O)c1-c1ccncc1. The summed E-state index contributed by atoms with van der Waals surface area (Å²) in [5.74, 6) is 0. The maximum atomic E-state index is 9.34. The largest absolute Gasteiger partial charge is 0.411 e. The van der Waals surface area contributed by atoms with Crippen LogP contribution in [0.1, 0.15) is 17.5 Å². The number of hydrogen-bond acceptors (Lipinski definition) is 5.